The minimum absolute atomic E-state index is 0.0157. The quantitative estimate of drug-likeness (QED) is 0.245. The Bertz CT molecular complexity index is 1300. The SMILES string of the molecule is COCCCN(Cc1cc2ccc(Cl)cc2nc1-c1cccc(OC)c1)C(=O)c1ccc(C)s1. The largest absolute Gasteiger partial charge is 0.497 e. The Kier molecular flexibility index (Phi) is 7.83. The Morgan fingerprint density at radius 3 is 2.68 bits per heavy atom. The molecule has 5 nitrogen and oxygen atoms in total. The second kappa shape index (κ2) is 11.0. The summed E-state index contributed by atoms with van der Waals surface area (Å²) >= 11 is 7.76. The molecule has 0 atom stereocenters. The van der Waals surface area contributed by atoms with Crippen molar-refractivity contribution in [3.63, 3.8) is 0 Å². The maximum absolute atomic E-state index is 13.5. The number of aryl methyl sites for hydroxylation is 1. The molecule has 2 heterocycles. The Morgan fingerprint density at radius 1 is 1.09 bits per heavy atom. The van der Waals surface area contributed by atoms with Crippen LogP contribution in [-0.4, -0.2) is 43.2 Å². The number of halogens is 1. The average molecular weight is 495 g/mol. The minimum atomic E-state index is 0.0157. The van der Waals surface area contributed by atoms with Crippen molar-refractivity contribution >= 4 is 39.7 Å². The predicted molar refractivity (Wildman–Crippen MR) is 139 cm³/mol. The van der Waals surface area contributed by atoms with Crippen LogP contribution in [0.4, 0.5) is 0 Å². The number of benzene rings is 2. The number of thiophene rings is 1. The van der Waals surface area contributed by atoms with Gasteiger partial charge in [-0.2, -0.15) is 0 Å². The monoisotopic (exact) mass is 494 g/mol. The van der Waals surface area contributed by atoms with Crippen LogP contribution in [0.5, 0.6) is 5.75 Å². The molecule has 2 aromatic heterocycles. The molecule has 7 heteroatoms. The number of fused-ring (bicyclic) bond motifs is 1. The third kappa shape index (κ3) is 5.58. The number of aromatic nitrogens is 1. The molecule has 2 aromatic carbocycles. The zero-order valence-corrected chi connectivity index (χ0v) is 21.1. The smallest absolute Gasteiger partial charge is 0.264 e. The number of nitrogens with zero attached hydrogens (tertiary/aromatic N) is 2. The van der Waals surface area contributed by atoms with Crippen molar-refractivity contribution in [1.82, 2.24) is 9.88 Å². The van der Waals surface area contributed by atoms with E-state index in [4.69, 9.17) is 26.1 Å². The summed E-state index contributed by atoms with van der Waals surface area (Å²) in [6.07, 6.45) is 0.748. The third-order valence-corrected chi connectivity index (χ3v) is 6.80. The Labute approximate surface area is 208 Å². The lowest BCUT2D eigenvalue weighted by atomic mass is 10.0. The molecule has 0 radical (unpaired) electrons. The Hall–Kier alpha value is -2.93. The molecule has 0 fully saturated rings. The highest BCUT2D eigenvalue weighted by Gasteiger charge is 2.20. The van der Waals surface area contributed by atoms with Crippen LogP contribution in [0, 0.1) is 6.92 Å². The van der Waals surface area contributed by atoms with Crippen LogP contribution >= 0.6 is 22.9 Å². The summed E-state index contributed by atoms with van der Waals surface area (Å²) in [5, 5.41) is 1.61. The minimum Gasteiger partial charge on any atom is -0.497 e. The molecule has 0 aliphatic heterocycles. The average Bonchev–Trinajstić information content (AvgIpc) is 3.29. The summed E-state index contributed by atoms with van der Waals surface area (Å²) in [7, 11) is 3.32. The maximum atomic E-state index is 13.5. The van der Waals surface area contributed by atoms with Crippen molar-refractivity contribution < 1.29 is 14.3 Å². The van der Waals surface area contributed by atoms with E-state index in [1.54, 1.807) is 14.2 Å². The van der Waals surface area contributed by atoms with Gasteiger partial charge in [0.15, 0.2) is 0 Å². The van der Waals surface area contributed by atoms with Crippen LogP contribution < -0.4 is 4.74 Å². The second-order valence-electron chi connectivity index (χ2n) is 8.05. The molecule has 0 spiro atoms. The summed E-state index contributed by atoms with van der Waals surface area (Å²) in [6, 6.07) is 19.5. The van der Waals surface area contributed by atoms with Gasteiger partial charge in [-0.25, -0.2) is 4.98 Å². The zero-order chi connectivity index (χ0) is 24.1. The van der Waals surface area contributed by atoms with E-state index in [9.17, 15) is 4.79 Å². The molecule has 0 aliphatic carbocycles. The molecule has 0 bridgehead atoms. The topological polar surface area (TPSA) is 51.7 Å². The van der Waals surface area contributed by atoms with E-state index in [1.807, 2.05) is 66.4 Å². The van der Waals surface area contributed by atoms with Crippen molar-refractivity contribution in [1.29, 1.82) is 0 Å². The summed E-state index contributed by atoms with van der Waals surface area (Å²) < 4.78 is 10.7. The first-order chi connectivity index (χ1) is 16.5. The van der Waals surface area contributed by atoms with Crippen molar-refractivity contribution in [3.05, 3.63) is 81.0 Å². The number of carbonyl (C=O) groups is 1. The van der Waals surface area contributed by atoms with E-state index in [1.165, 1.54) is 11.3 Å². The molecule has 0 aliphatic rings. The fourth-order valence-electron chi connectivity index (χ4n) is 3.89. The molecule has 0 saturated heterocycles. The third-order valence-electron chi connectivity index (χ3n) is 5.58. The van der Waals surface area contributed by atoms with E-state index in [-0.39, 0.29) is 5.91 Å². The van der Waals surface area contributed by atoms with Crippen LogP contribution in [0.25, 0.3) is 22.2 Å². The highest BCUT2D eigenvalue weighted by Crippen LogP contribution is 2.31. The molecule has 4 aromatic rings. The molecular weight excluding hydrogens is 468 g/mol. The van der Waals surface area contributed by atoms with Crippen LogP contribution in [0.2, 0.25) is 5.02 Å². The van der Waals surface area contributed by atoms with Gasteiger partial charge in [0.2, 0.25) is 0 Å². The zero-order valence-electron chi connectivity index (χ0n) is 19.5. The number of hydrogen-bond donors (Lipinski definition) is 0. The lowest BCUT2D eigenvalue weighted by Gasteiger charge is -2.24. The van der Waals surface area contributed by atoms with Gasteiger partial charge in [-0.1, -0.05) is 29.8 Å². The fourth-order valence-corrected chi connectivity index (χ4v) is 4.89. The van der Waals surface area contributed by atoms with Gasteiger partial charge in [-0.15, -0.1) is 11.3 Å². The summed E-state index contributed by atoms with van der Waals surface area (Å²) in [6.45, 7) is 3.61. The van der Waals surface area contributed by atoms with Gasteiger partial charge in [0, 0.05) is 47.7 Å². The Balaban J connectivity index is 1.78. The van der Waals surface area contributed by atoms with E-state index in [2.05, 4.69) is 6.07 Å². The van der Waals surface area contributed by atoms with Gasteiger partial charge in [-0.05, 0) is 61.4 Å². The van der Waals surface area contributed by atoms with Crippen molar-refractivity contribution in [2.45, 2.75) is 19.9 Å². The summed E-state index contributed by atoms with van der Waals surface area (Å²) in [4.78, 5) is 22.1. The molecule has 34 heavy (non-hydrogen) atoms. The predicted octanol–water partition coefficient (Wildman–Crippen LogP) is 6.61. The Morgan fingerprint density at radius 2 is 1.94 bits per heavy atom. The standard InChI is InChI=1S/C27H27ClN2O3S/c1-18-8-11-25(34-18)27(31)30(12-5-13-32-2)17-21-14-19-9-10-22(28)16-24(19)29-26(21)20-6-4-7-23(15-20)33-3/h4,6-11,14-16H,5,12-13,17H2,1-3H3. The summed E-state index contributed by atoms with van der Waals surface area (Å²) in [5.74, 6) is 0.764. The lowest BCUT2D eigenvalue weighted by Crippen LogP contribution is -2.32. The molecule has 0 N–H and O–H groups in total. The van der Waals surface area contributed by atoms with Crippen molar-refractivity contribution in [2.75, 3.05) is 27.4 Å². The molecule has 4 rings (SSSR count). The first kappa shape index (κ1) is 24.2. The van der Waals surface area contributed by atoms with Gasteiger partial charge >= 0.3 is 0 Å². The lowest BCUT2D eigenvalue weighted by molar-refractivity contribution is 0.0728. The number of carbonyl (C=O) groups excluding carboxylic acids is 1. The first-order valence-electron chi connectivity index (χ1n) is 11.1. The number of amides is 1. The van der Waals surface area contributed by atoms with Crippen LogP contribution in [0.15, 0.2) is 60.7 Å². The highest BCUT2D eigenvalue weighted by molar-refractivity contribution is 7.13. The van der Waals surface area contributed by atoms with Crippen LogP contribution in [0.3, 0.4) is 0 Å². The van der Waals surface area contributed by atoms with Crippen LogP contribution in [-0.2, 0) is 11.3 Å². The molecule has 0 unspecified atom stereocenters. The number of methoxy groups -OCH3 is 2. The van der Waals surface area contributed by atoms with Gasteiger partial charge < -0.3 is 14.4 Å². The number of pyridine rings is 1. The van der Waals surface area contributed by atoms with Crippen LogP contribution in [0.1, 0.15) is 26.5 Å². The maximum Gasteiger partial charge on any atom is 0.264 e. The summed E-state index contributed by atoms with van der Waals surface area (Å²) in [5.41, 5.74) is 3.50. The van der Waals surface area contributed by atoms with E-state index >= 15 is 0 Å². The molecule has 176 valence electrons. The van der Waals surface area contributed by atoms with Crippen molar-refractivity contribution in [3.8, 4) is 17.0 Å². The van der Waals surface area contributed by atoms with E-state index < -0.39 is 0 Å². The number of ether oxygens (including phenoxy) is 2. The fraction of sp³-hybridized carbons (Fsp3) is 0.259. The van der Waals surface area contributed by atoms with Crippen molar-refractivity contribution in [2.24, 2.45) is 0 Å². The second-order valence-corrected chi connectivity index (χ2v) is 9.77. The van der Waals surface area contributed by atoms with E-state index in [0.717, 1.165) is 49.6 Å². The number of rotatable bonds is 9. The molecule has 1 amide bonds. The van der Waals surface area contributed by atoms with E-state index in [0.29, 0.717) is 24.7 Å². The molecular formula is C27H27ClN2O3S. The first-order valence-corrected chi connectivity index (χ1v) is 12.3. The number of hydrogen-bond acceptors (Lipinski definition) is 5. The van der Waals surface area contributed by atoms with Gasteiger partial charge in [0.25, 0.3) is 5.91 Å². The highest BCUT2D eigenvalue weighted by atomic mass is 35.5. The van der Waals surface area contributed by atoms with Gasteiger partial charge in [-0.3, -0.25) is 4.79 Å². The van der Waals surface area contributed by atoms with Gasteiger partial charge in [0.1, 0.15) is 5.75 Å². The normalized spacial score (nSPS) is 11.1. The molecule has 0 saturated carbocycles. The van der Waals surface area contributed by atoms with Gasteiger partial charge in [0.05, 0.1) is 23.2 Å².